The molecule has 0 aliphatic rings. The Morgan fingerprint density at radius 2 is 2.12 bits per heavy atom. The number of anilines is 1. The number of nitrogens with zero attached hydrogens (tertiary/aromatic N) is 2. The van der Waals surface area contributed by atoms with Crippen LogP contribution in [0.25, 0.3) is 0 Å². The monoisotopic (exact) mass is 231 g/mol. The average Bonchev–Trinajstić information content (AvgIpc) is 2.84. The largest absolute Gasteiger partial charge is 0.387 e. The van der Waals surface area contributed by atoms with Crippen molar-refractivity contribution in [2.24, 2.45) is 0 Å². The van der Waals surface area contributed by atoms with Gasteiger partial charge in [-0.3, -0.25) is 0 Å². The molecule has 0 amide bonds. The van der Waals surface area contributed by atoms with Gasteiger partial charge in [-0.15, -0.1) is 0 Å². The molecule has 1 unspecified atom stereocenters. The van der Waals surface area contributed by atoms with Gasteiger partial charge in [0.1, 0.15) is 0 Å². The molecule has 0 saturated carbocycles. The Morgan fingerprint density at radius 3 is 2.82 bits per heavy atom. The van der Waals surface area contributed by atoms with Gasteiger partial charge in [-0.2, -0.15) is 0 Å². The third-order valence-electron chi connectivity index (χ3n) is 2.69. The summed E-state index contributed by atoms with van der Waals surface area (Å²) in [5.74, 6) is 0.794. The Hall–Kier alpha value is -1.81. The van der Waals surface area contributed by atoms with E-state index in [1.165, 1.54) is 0 Å². The summed E-state index contributed by atoms with van der Waals surface area (Å²) in [7, 11) is 0. The molecular weight excluding hydrogens is 214 g/mol. The minimum atomic E-state index is -0.516. The van der Waals surface area contributed by atoms with Crippen molar-refractivity contribution >= 4 is 5.95 Å². The molecule has 2 aromatic rings. The molecule has 0 radical (unpaired) electrons. The highest BCUT2D eigenvalue weighted by atomic mass is 16.3. The lowest BCUT2D eigenvalue weighted by Crippen LogP contribution is -2.15. The fraction of sp³-hybridized carbons (Fsp3) is 0.308. The van der Waals surface area contributed by atoms with Crippen molar-refractivity contribution in [1.29, 1.82) is 0 Å². The molecule has 0 aliphatic heterocycles. The number of aryl methyl sites for hydroxylation is 1. The maximum absolute atomic E-state index is 9.98. The maximum Gasteiger partial charge on any atom is 0.202 e. The molecule has 0 aliphatic carbocycles. The van der Waals surface area contributed by atoms with Crippen molar-refractivity contribution < 1.29 is 5.11 Å². The molecule has 1 aromatic carbocycles. The summed E-state index contributed by atoms with van der Waals surface area (Å²) in [6.45, 7) is 3.38. The van der Waals surface area contributed by atoms with Crippen molar-refractivity contribution in [3.63, 3.8) is 0 Å². The van der Waals surface area contributed by atoms with E-state index in [4.69, 9.17) is 0 Å². The lowest BCUT2D eigenvalue weighted by molar-refractivity contribution is 0.191. The Bertz CT molecular complexity index is 453. The molecule has 4 nitrogen and oxygen atoms in total. The predicted molar refractivity (Wildman–Crippen MR) is 67.8 cm³/mol. The number of aliphatic hydroxyl groups is 1. The molecule has 0 bridgehead atoms. The normalized spacial score (nSPS) is 12.4. The van der Waals surface area contributed by atoms with Gasteiger partial charge in [-0.25, -0.2) is 4.98 Å². The van der Waals surface area contributed by atoms with Gasteiger partial charge in [-0.05, 0) is 12.5 Å². The van der Waals surface area contributed by atoms with Crippen molar-refractivity contribution in [3.05, 3.63) is 48.3 Å². The summed E-state index contributed by atoms with van der Waals surface area (Å²) in [4.78, 5) is 4.19. The fourth-order valence-corrected chi connectivity index (χ4v) is 1.71. The predicted octanol–water partition coefficient (Wildman–Crippen LogP) is 2.05. The van der Waals surface area contributed by atoms with Crippen LogP contribution in [0.3, 0.4) is 0 Å². The van der Waals surface area contributed by atoms with Crippen LogP contribution in [0.5, 0.6) is 0 Å². The van der Waals surface area contributed by atoms with Crippen LogP contribution >= 0.6 is 0 Å². The molecule has 4 heteroatoms. The Kier molecular flexibility index (Phi) is 3.77. The molecule has 1 heterocycles. The van der Waals surface area contributed by atoms with E-state index in [0.717, 1.165) is 18.1 Å². The fourth-order valence-electron chi connectivity index (χ4n) is 1.71. The number of rotatable bonds is 5. The Balaban J connectivity index is 1.95. The summed E-state index contributed by atoms with van der Waals surface area (Å²) in [6, 6.07) is 9.61. The molecule has 1 atom stereocenters. The molecule has 0 fully saturated rings. The summed E-state index contributed by atoms with van der Waals surface area (Å²) >= 11 is 0. The van der Waals surface area contributed by atoms with Gasteiger partial charge in [-0.1, -0.05) is 30.3 Å². The van der Waals surface area contributed by atoms with Gasteiger partial charge in [0.25, 0.3) is 0 Å². The highest BCUT2D eigenvalue weighted by molar-refractivity contribution is 5.27. The van der Waals surface area contributed by atoms with Crippen LogP contribution in [0.15, 0.2) is 42.7 Å². The molecular formula is C13H17N3O. The van der Waals surface area contributed by atoms with Gasteiger partial charge < -0.3 is 15.0 Å². The van der Waals surface area contributed by atoms with Gasteiger partial charge >= 0.3 is 0 Å². The topological polar surface area (TPSA) is 50.1 Å². The highest BCUT2D eigenvalue weighted by Gasteiger charge is 2.08. The molecule has 0 saturated heterocycles. The van der Waals surface area contributed by atoms with E-state index in [1.807, 2.05) is 41.1 Å². The van der Waals surface area contributed by atoms with E-state index in [1.54, 1.807) is 6.20 Å². The standard InChI is InChI=1S/C13H17N3O/c1-2-16-9-8-14-13(16)15-10-12(17)11-6-4-3-5-7-11/h3-9,12,17H,2,10H2,1H3,(H,14,15). The lowest BCUT2D eigenvalue weighted by Gasteiger charge is -2.13. The zero-order valence-electron chi connectivity index (χ0n) is 9.87. The first kappa shape index (κ1) is 11.7. The number of hydrogen-bond donors (Lipinski definition) is 2. The lowest BCUT2D eigenvalue weighted by atomic mass is 10.1. The van der Waals surface area contributed by atoms with Crippen LogP contribution in [0.2, 0.25) is 0 Å². The Labute approximate surface area is 101 Å². The van der Waals surface area contributed by atoms with Crippen LogP contribution in [-0.4, -0.2) is 21.2 Å². The SMILES string of the molecule is CCn1ccnc1NCC(O)c1ccccc1. The van der Waals surface area contributed by atoms with Crippen LogP contribution in [0, 0.1) is 0 Å². The zero-order valence-corrected chi connectivity index (χ0v) is 9.87. The van der Waals surface area contributed by atoms with Gasteiger partial charge in [0.15, 0.2) is 0 Å². The first-order chi connectivity index (χ1) is 8.31. The molecule has 2 N–H and O–H groups in total. The molecule has 0 spiro atoms. The van der Waals surface area contributed by atoms with Gasteiger partial charge in [0, 0.05) is 25.5 Å². The van der Waals surface area contributed by atoms with E-state index in [9.17, 15) is 5.11 Å². The number of benzene rings is 1. The van der Waals surface area contributed by atoms with Crippen LogP contribution < -0.4 is 5.32 Å². The summed E-state index contributed by atoms with van der Waals surface area (Å²) in [5.41, 5.74) is 0.912. The minimum Gasteiger partial charge on any atom is -0.387 e. The van der Waals surface area contributed by atoms with Crippen LogP contribution in [0.4, 0.5) is 5.95 Å². The second-order valence-electron chi connectivity index (χ2n) is 3.84. The summed E-state index contributed by atoms with van der Waals surface area (Å²) in [6.07, 6.45) is 3.15. The van der Waals surface area contributed by atoms with Crippen molar-refractivity contribution in [2.75, 3.05) is 11.9 Å². The maximum atomic E-state index is 9.98. The van der Waals surface area contributed by atoms with Crippen LogP contribution in [-0.2, 0) is 6.54 Å². The molecule has 1 aromatic heterocycles. The van der Waals surface area contributed by atoms with Crippen molar-refractivity contribution in [2.45, 2.75) is 19.6 Å². The quantitative estimate of drug-likeness (QED) is 0.828. The van der Waals surface area contributed by atoms with Gasteiger partial charge in [0.05, 0.1) is 6.10 Å². The first-order valence-electron chi connectivity index (χ1n) is 5.79. The highest BCUT2D eigenvalue weighted by Crippen LogP contribution is 2.13. The molecule has 17 heavy (non-hydrogen) atoms. The first-order valence-corrected chi connectivity index (χ1v) is 5.79. The Morgan fingerprint density at radius 1 is 1.35 bits per heavy atom. The van der Waals surface area contributed by atoms with Gasteiger partial charge in [0.2, 0.25) is 5.95 Å². The number of aromatic nitrogens is 2. The van der Waals surface area contributed by atoms with E-state index < -0.39 is 6.10 Å². The number of imidazole rings is 1. The smallest absolute Gasteiger partial charge is 0.202 e. The average molecular weight is 231 g/mol. The summed E-state index contributed by atoms with van der Waals surface area (Å²) in [5, 5.41) is 13.1. The van der Waals surface area contributed by atoms with Crippen LogP contribution in [0.1, 0.15) is 18.6 Å². The second kappa shape index (κ2) is 5.50. The number of hydrogen-bond acceptors (Lipinski definition) is 3. The van der Waals surface area contributed by atoms with Crippen molar-refractivity contribution in [3.8, 4) is 0 Å². The number of aliphatic hydroxyl groups excluding tert-OH is 1. The number of nitrogens with one attached hydrogen (secondary N) is 1. The van der Waals surface area contributed by atoms with E-state index in [2.05, 4.69) is 17.2 Å². The summed E-state index contributed by atoms with van der Waals surface area (Å²) < 4.78 is 2.00. The molecule has 90 valence electrons. The minimum absolute atomic E-state index is 0.459. The zero-order chi connectivity index (χ0) is 12.1. The van der Waals surface area contributed by atoms with E-state index >= 15 is 0 Å². The third-order valence-corrected chi connectivity index (χ3v) is 2.69. The van der Waals surface area contributed by atoms with E-state index in [-0.39, 0.29) is 0 Å². The second-order valence-corrected chi connectivity index (χ2v) is 3.84. The third kappa shape index (κ3) is 2.85. The molecule has 2 rings (SSSR count). The van der Waals surface area contributed by atoms with Crippen molar-refractivity contribution in [1.82, 2.24) is 9.55 Å². The van der Waals surface area contributed by atoms with E-state index in [0.29, 0.717) is 6.54 Å².